The molecule has 0 radical (unpaired) electrons. The number of carbonyl (C=O) groups is 1. The fraction of sp³-hybridized carbons (Fsp3) is 0.621. The number of esters is 1. The number of carbonyl (C=O) groups excluding carboxylic acids is 1. The standard InChI is InChI=1S/C29H48O4/c1-4-7-8-9-10-11-12-13-14-15-16-17-18-19-20-21-22-23-29(30)33-28(26-31-24-5-2)27-32-25-6-3/h14-23,28H,4-13,24-27H2,1-3H3. The lowest BCUT2D eigenvalue weighted by Crippen LogP contribution is -2.28. The zero-order valence-corrected chi connectivity index (χ0v) is 21.4. The first-order chi connectivity index (χ1) is 16.2. The van der Waals surface area contributed by atoms with Gasteiger partial charge in [-0.3, -0.25) is 0 Å². The number of hydrogen-bond acceptors (Lipinski definition) is 4. The van der Waals surface area contributed by atoms with E-state index in [1.165, 1.54) is 51.0 Å². The van der Waals surface area contributed by atoms with Crippen LogP contribution in [0, 0.1) is 0 Å². The summed E-state index contributed by atoms with van der Waals surface area (Å²) in [5.74, 6) is -0.389. The second-order valence-corrected chi connectivity index (χ2v) is 8.06. The highest BCUT2D eigenvalue weighted by atomic mass is 16.6. The van der Waals surface area contributed by atoms with Crippen molar-refractivity contribution in [1.29, 1.82) is 0 Å². The number of allylic oxidation sites excluding steroid dienone is 9. The fourth-order valence-corrected chi connectivity index (χ4v) is 2.95. The van der Waals surface area contributed by atoms with Gasteiger partial charge in [0.1, 0.15) is 6.10 Å². The van der Waals surface area contributed by atoms with Gasteiger partial charge in [-0.15, -0.1) is 0 Å². The van der Waals surface area contributed by atoms with Gasteiger partial charge in [0.05, 0.1) is 13.2 Å². The van der Waals surface area contributed by atoms with Crippen LogP contribution in [0.15, 0.2) is 60.8 Å². The predicted molar refractivity (Wildman–Crippen MR) is 140 cm³/mol. The summed E-state index contributed by atoms with van der Waals surface area (Å²) in [5, 5.41) is 0. The Bertz CT molecular complexity index is 562. The highest BCUT2D eigenvalue weighted by Crippen LogP contribution is 2.08. The maximum Gasteiger partial charge on any atom is 0.331 e. The van der Waals surface area contributed by atoms with Crippen LogP contribution in [0.1, 0.15) is 85.0 Å². The molecule has 0 rings (SSSR count). The molecule has 0 aromatic heterocycles. The first-order valence-corrected chi connectivity index (χ1v) is 12.9. The van der Waals surface area contributed by atoms with Crippen molar-refractivity contribution in [3.05, 3.63) is 60.8 Å². The highest BCUT2D eigenvalue weighted by Gasteiger charge is 2.13. The molecule has 4 nitrogen and oxygen atoms in total. The molecule has 0 bridgehead atoms. The summed E-state index contributed by atoms with van der Waals surface area (Å²) < 4.78 is 16.4. The SMILES string of the molecule is CCCCCCCCCC=CC=CC=CC=CC=CC(=O)OC(COCCC)COCCC. The summed E-state index contributed by atoms with van der Waals surface area (Å²) >= 11 is 0. The van der Waals surface area contributed by atoms with E-state index >= 15 is 0 Å². The third kappa shape index (κ3) is 24.6. The zero-order chi connectivity index (χ0) is 24.2. The van der Waals surface area contributed by atoms with Gasteiger partial charge in [0.15, 0.2) is 0 Å². The Balaban J connectivity index is 4.00. The minimum atomic E-state index is -0.389. The van der Waals surface area contributed by atoms with E-state index in [4.69, 9.17) is 14.2 Å². The summed E-state index contributed by atoms with van der Waals surface area (Å²) in [6.07, 6.45) is 31.1. The van der Waals surface area contributed by atoms with Crippen LogP contribution in [-0.4, -0.2) is 38.5 Å². The smallest absolute Gasteiger partial charge is 0.331 e. The van der Waals surface area contributed by atoms with Crippen molar-refractivity contribution < 1.29 is 19.0 Å². The summed E-state index contributed by atoms with van der Waals surface area (Å²) in [6, 6.07) is 0. The lowest BCUT2D eigenvalue weighted by Gasteiger charge is -2.17. The van der Waals surface area contributed by atoms with Crippen molar-refractivity contribution in [3.63, 3.8) is 0 Å². The Labute approximate surface area is 203 Å². The lowest BCUT2D eigenvalue weighted by atomic mass is 10.1. The van der Waals surface area contributed by atoms with Crippen LogP contribution >= 0.6 is 0 Å². The molecule has 188 valence electrons. The van der Waals surface area contributed by atoms with Gasteiger partial charge in [0, 0.05) is 19.3 Å². The van der Waals surface area contributed by atoms with Gasteiger partial charge in [-0.2, -0.15) is 0 Å². The molecule has 0 aromatic rings. The number of hydrogen-bond donors (Lipinski definition) is 0. The van der Waals surface area contributed by atoms with Gasteiger partial charge in [0.25, 0.3) is 0 Å². The molecule has 0 aliphatic carbocycles. The first kappa shape index (κ1) is 31.1. The third-order valence-electron chi connectivity index (χ3n) is 4.71. The van der Waals surface area contributed by atoms with E-state index in [-0.39, 0.29) is 12.1 Å². The van der Waals surface area contributed by atoms with Crippen molar-refractivity contribution in [2.75, 3.05) is 26.4 Å². The van der Waals surface area contributed by atoms with Crippen molar-refractivity contribution in [2.24, 2.45) is 0 Å². The molecular formula is C29H48O4. The van der Waals surface area contributed by atoms with Crippen LogP contribution in [0.3, 0.4) is 0 Å². The Hall–Kier alpha value is -1.91. The van der Waals surface area contributed by atoms with Crippen molar-refractivity contribution in [2.45, 2.75) is 91.1 Å². The maximum atomic E-state index is 12.0. The first-order valence-electron chi connectivity index (χ1n) is 12.9. The van der Waals surface area contributed by atoms with E-state index < -0.39 is 0 Å². The summed E-state index contributed by atoms with van der Waals surface area (Å²) in [7, 11) is 0. The van der Waals surface area contributed by atoms with Crippen LogP contribution in [0.2, 0.25) is 0 Å². The molecule has 0 aromatic carbocycles. The fourth-order valence-electron chi connectivity index (χ4n) is 2.95. The van der Waals surface area contributed by atoms with Crippen molar-refractivity contribution in [3.8, 4) is 0 Å². The average molecular weight is 461 g/mol. The van der Waals surface area contributed by atoms with Crippen LogP contribution < -0.4 is 0 Å². The van der Waals surface area contributed by atoms with E-state index in [1.807, 2.05) is 44.2 Å². The van der Waals surface area contributed by atoms with E-state index in [1.54, 1.807) is 12.2 Å². The maximum absolute atomic E-state index is 12.0. The molecule has 0 spiro atoms. The largest absolute Gasteiger partial charge is 0.454 e. The van der Waals surface area contributed by atoms with Crippen LogP contribution in [-0.2, 0) is 19.0 Å². The lowest BCUT2D eigenvalue weighted by molar-refractivity contribution is -0.150. The van der Waals surface area contributed by atoms with Gasteiger partial charge >= 0.3 is 5.97 Å². The van der Waals surface area contributed by atoms with Crippen molar-refractivity contribution in [1.82, 2.24) is 0 Å². The zero-order valence-electron chi connectivity index (χ0n) is 21.4. The molecule has 0 saturated heterocycles. The molecular weight excluding hydrogens is 412 g/mol. The second-order valence-electron chi connectivity index (χ2n) is 8.06. The van der Waals surface area contributed by atoms with Crippen molar-refractivity contribution >= 4 is 5.97 Å². The Morgan fingerprint density at radius 3 is 1.73 bits per heavy atom. The van der Waals surface area contributed by atoms with E-state index in [9.17, 15) is 4.79 Å². The summed E-state index contributed by atoms with van der Waals surface area (Å²) in [6.45, 7) is 8.36. The topological polar surface area (TPSA) is 44.8 Å². The Kier molecular flexibility index (Phi) is 24.8. The molecule has 0 N–H and O–H groups in total. The Morgan fingerprint density at radius 2 is 1.15 bits per heavy atom. The van der Waals surface area contributed by atoms with Gasteiger partial charge in [-0.05, 0) is 25.7 Å². The number of ether oxygens (including phenoxy) is 3. The predicted octanol–water partition coefficient (Wildman–Crippen LogP) is 7.67. The molecule has 0 aliphatic heterocycles. The molecule has 0 saturated carbocycles. The molecule has 0 aliphatic rings. The quantitative estimate of drug-likeness (QED) is 0.0719. The van der Waals surface area contributed by atoms with Crippen LogP contribution in [0.25, 0.3) is 0 Å². The van der Waals surface area contributed by atoms with Gasteiger partial charge in [-0.25, -0.2) is 4.79 Å². The minimum absolute atomic E-state index is 0.357. The van der Waals surface area contributed by atoms with E-state index in [0.717, 1.165) is 19.3 Å². The summed E-state index contributed by atoms with van der Waals surface area (Å²) in [5.41, 5.74) is 0. The molecule has 0 amide bonds. The highest BCUT2D eigenvalue weighted by molar-refractivity contribution is 5.82. The molecule has 0 fully saturated rings. The van der Waals surface area contributed by atoms with Gasteiger partial charge in [0.2, 0.25) is 0 Å². The van der Waals surface area contributed by atoms with Gasteiger partial charge in [-0.1, -0.05) is 114 Å². The molecule has 4 heteroatoms. The molecule has 0 unspecified atom stereocenters. The van der Waals surface area contributed by atoms with Crippen LogP contribution in [0.5, 0.6) is 0 Å². The molecule has 0 atom stereocenters. The monoisotopic (exact) mass is 460 g/mol. The normalized spacial score (nSPS) is 12.6. The third-order valence-corrected chi connectivity index (χ3v) is 4.71. The number of rotatable bonds is 22. The average Bonchev–Trinajstić information content (AvgIpc) is 2.81. The van der Waals surface area contributed by atoms with Gasteiger partial charge < -0.3 is 14.2 Å². The second kappa shape index (κ2) is 26.3. The Morgan fingerprint density at radius 1 is 0.636 bits per heavy atom. The molecule has 0 heterocycles. The molecule has 33 heavy (non-hydrogen) atoms. The minimum Gasteiger partial charge on any atom is -0.454 e. The van der Waals surface area contributed by atoms with E-state index in [2.05, 4.69) is 19.1 Å². The number of unbranched alkanes of at least 4 members (excludes halogenated alkanes) is 7. The van der Waals surface area contributed by atoms with Crippen LogP contribution in [0.4, 0.5) is 0 Å². The van der Waals surface area contributed by atoms with E-state index in [0.29, 0.717) is 26.4 Å². The summed E-state index contributed by atoms with van der Waals surface area (Å²) in [4.78, 5) is 12.0.